The van der Waals surface area contributed by atoms with Gasteiger partial charge in [-0.3, -0.25) is 9.59 Å². The molecule has 0 unspecified atom stereocenters. The number of amides is 2. The van der Waals surface area contributed by atoms with E-state index in [1.54, 1.807) is 4.90 Å². The Balaban J connectivity index is 1.61. The first-order chi connectivity index (χ1) is 13.5. The van der Waals surface area contributed by atoms with Crippen molar-refractivity contribution in [3.8, 4) is 5.75 Å². The second kappa shape index (κ2) is 8.91. The lowest BCUT2D eigenvalue weighted by molar-refractivity contribution is -0.140. The number of nitrogens with zero attached hydrogens (tertiary/aromatic N) is 1. The third-order valence-electron chi connectivity index (χ3n) is 5.37. The number of nitrogens with one attached hydrogen (secondary N) is 1. The Labute approximate surface area is 166 Å². The predicted octanol–water partition coefficient (Wildman–Crippen LogP) is 3.33. The molecule has 1 aliphatic rings. The van der Waals surface area contributed by atoms with Crippen LogP contribution in [0.15, 0.2) is 54.6 Å². The van der Waals surface area contributed by atoms with E-state index in [9.17, 15) is 9.59 Å². The summed E-state index contributed by atoms with van der Waals surface area (Å²) in [7, 11) is 0. The topological polar surface area (TPSA) is 58.6 Å². The van der Waals surface area contributed by atoms with Gasteiger partial charge in [0, 0.05) is 19.5 Å². The van der Waals surface area contributed by atoms with E-state index in [0.717, 1.165) is 16.9 Å². The molecule has 148 valence electrons. The normalized spacial score (nSPS) is 18.9. The van der Waals surface area contributed by atoms with Gasteiger partial charge in [0.15, 0.2) is 0 Å². The van der Waals surface area contributed by atoms with Crippen molar-refractivity contribution < 1.29 is 14.3 Å². The molecular formula is C23H28N2O3. The highest BCUT2D eigenvalue weighted by Crippen LogP contribution is 2.30. The van der Waals surface area contributed by atoms with Gasteiger partial charge in [-0.2, -0.15) is 0 Å². The number of ether oxygens (including phenoxy) is 1. The van der Waals surface area contributed by atoms with Crippen LogP contribution in [-0.2, 0) is 22.6 Å². The van der Waals surface area contributed by atoms with Crippen molar-refractivity contribution in [2.75, 3.05) is 13.2 Å². The lowest BCUT2D eigenvalue weighted by atomic mass is 9.97. The summed E-state index contributed by atoms with van der Waals surface area (Å²) in [5.74, 6) is 0.797. The monoisotopic (exact) mass is 380 g/mol. The van der Waals surface area contributed by atoms with Gasteiger partial charge in [0.1, 0.15) is 11.3 Å². The Bertz CT molecular complexity index is 804. The fraction of sp³-hybridized carbons (Fsp3) is 0.391. The minimum absolute atomic E-state index is 0.0447. The maximum absolute atomic E-state index is 12.9. The number of benzene rings is 2. The van der Waals surface area contributed by atoms with Gasteiger partial charge in [-0.1, -0.05) is 42.5 Å². The molecule has 1 N–H and O–H groups in total. The summed E-state index contributed by atoms with van der Waals surface area (Å²) in [6.45, 7) is 5.46. The van der Waals surface area contributed by atoms with Gasteiger partial charge >= 0.3 is 0 Å². The average Bonchev–Trinajstić information content (AvgIpc) is 3.02. The van der Waals surface area contributed by atoms with E-state index in [2.05, 4.69) is 5.32 Å². The van der Waals surface area contributed by atoms with Crippen LogP contribution in [0.25, 0.3) is 0 Å². The molecule has 0 aromatic heterocycles. The largest absolute Gasteiger partial charge is 0.494 e. The molecule has 0 radical (unpaired) electrons. The maximum Gasteiger partial charge on any atom is 0.245 e. The molecule has 0 bridgehead atoms. The van der Waals surface area contributed by atoms with Crippen molar-refractivity contribution in [1.29, 1.82) is 0 Å². The highest BCUT2D eigenvalue weighted by molar-refractivity contribution is 5.94. The van der Waals surface area contributed by atoms with Gasteiger partial charge in [0.25, 0.3) is 0 Å². The molecule has 0 saturated carbocycles. The Morgan fingerprint density at radius 1 is 1.11 bits per heavy atom. The summed E-state index contributed by atoms with van der Waals surface area (Å²) in [6, 6.07) is 17.7. The molecule has 2 aromatic rings. The molecule has 2 amide bonds. The van der Waals surface area contributed by atoms with Gasteiger partial charge in [0.2, 0.25) is 11.8 Å². The number of carbonyl (C=O) groups is 2. The number of rotatable bonds is 8. The van der Waals surface area contributed by atoms with Crippen molar-refractivity contribution in [3.63, 3.8) is 0 Å². The van der Waals surface area contributed by atoms with E-state index in [0.29, 0.717) is 39.0 Å². The zero-order valence-electron chi connectivity index (χ0n) is 16.6. The van der Waals surface area contributed by atoms with Crippen molar-refractivity contribution in [3.05, 3.63) is 65.7 Å². The molecule has 28 heavy (non-hydrogen) atoms. The van der Waals surface area contributed by atoms with E-state index < -0.39 is 5.54 Å². The summed E-state index contributed by atoms with van der Waals surface area (Å²) in [5, 5.41) is 3.00. The highest BCUT2D eigenvalue weighted by Gasteiger charge is 2.46. The van der Waals surface area contributed by atoms with Crippen LogP contribution in [-0.4, -0.2) is 35.4 Å². The molecule has 1 atom stereocenters. The molecule has 3 rings (SSSR count). The fourth-order valence-electron chi connectivity index (χ4n) is 3.63. The number of hydrogen-bond acceptors (Lipinski definition) is 3. The van der Waals surface area contributed by atoms with Gasteiger partial charge in [0.05, 0.1) is 6.61 Å². The number of likely N-dealkylation sites (tertiary alicyclic amines) is 1. The van der Waals surface area contributed by atoms with Crippen LogP contribution in [0, 0.1) is 0 Å². The molecule has 0 spiro atoms. The molecule has 1 heterocycles. The SMILES string of the molecule is CCOc1ccc(CCN2C(=O)CC[C@]2(C)C(=O)NCc2ccccc2)cc1. The summed E-state index contributed by atoms with van der Waals surface area (Å²) in [4.78, 5) is 27.1. The standard InChI is InChI=1S/C23H28N2O3/c1-3-28-20-11-9-18(10-12-20)14-16-25-21(26)13-15-23(25,2)22(27)24-17-19-7-5-4-6-8-19/h4-12H,3,13-17H2,1-2H3,(H,24,27)/t23-/m1/s1. The lowest BCUT2D eigenvalue weighted by Crippen LogP contribution is -2.54. The zero-order chi connectivity index (χ0) is 20.0. The number of carbonyl (C=O) groups excluding carboxylic acids is 2. The van der Waals surface area contributed by atoms with Crippen LogP contribution in [0.2, 0.25) is 0 Å². The average molecular weight is 380 g/mol. The first-order valence-corrected chi connectivity index (χ1v) is 9.87. The molecule has 5 heteroatoms. The van der Waals surface area contributed by atoms with Crippen LogP contribution in [0.5, 0.6) is 5.75 Å². The van der Waals surface area contributed by atoms with Crippen molar-refractivity contribution in [2.45, 2.75) is 45.2 Å². The Kier molecular flexibility index (Phi) is 6.34. The smallest absolute Gasteiger partial charge is 0.245 e. The van der Waals surface area contributed by atoms with E-state index >= 15 is 0 Å². The summed E-state index contributed by atoms with van der Waals surface area (Å²) >= 11 is 0. The van der Waals surface area contributed by atoms with Crippen LogP contribution < -0.4 is 10.1 Å². The fourth-order valence-corrected chi connectivity index (χ4v) is 3.63. The maximum atomic E-state index is 12.9. The van der Waals surface area contributed by atoms with E-state index in [1.807, 2.05) is 68.4 Å². The minimum atomic E-state index is -0.795. The van der Waals surface area contributed by atoms with E-state index in [1.165, 1.54) is 0 Å². The molecule has 2 aromatic carbocycles. The molecule has 1 saturated heterocycles. The summed E-state index contributed by atoms with van der Waals surface area (Å²) in [6.07, 6.45) is 1.67. The molecule has 0 aliphatic carbocycles. The summed E-state index contributed by atoms with van der Waals surface area (Å²) < 4.78 is 5.47. The second-order valence-corrected chi connectivity index (χ2v) is 7.31. The summed E-state index contributed by atoms with van der Waals surface area (Å²) in [5.41, 5.74) is 1.37. The van der Waals surface area contributed by atoms with Crippen LogP contribution in [0.4, 0.5) is 0 Å². The first-order valence-electron chi connectivity index (χ1n) is 9.87. The Hall–Kier alpha value is -2.82. The minimum Gasteiger partial charge on any atom is -0.494 e. The highest BCUT2D eigenvalue weighted by atomic mass is 16.5. The van der Waals surface area contributed by atoms with E-state index in [-0.39, 0.29) is 11.8 Å². The molecule has 1 fully saturated rings. The second-order valence-electron chi connectivity index (χ2n) is 7.31. The van der Waals surface area contributed by atoms with E-state index in [4.69, 9.17) is 4.74 Å². The van der Waals surface area contributed by atoms with Gasteiger partial charge < -0.3 is 15.0 Å². The third-order valence-corrected chi connectivity index (χ3v) is 5.37. The Morgan fingerprint density at radius 2 is 1.82 bits per heavy atom. The molecule has 5 nitrogen and oxygen atoms in total. The quantitative estimate of drug-likeness (QED) is 0.764. The van der Waals surface area contributed by atoms with Crippen molar-refractivity contribution in [1.82, 2.24) is 10.2 Å². The predicted molar refractivity (Wildman–Crippen MR) is 109 cm³/mol. The van der Waals surface area contributed by atoms with Gasteiger partial charge in [-0.15, -0.1) is 0 Å². The van der Waals surface area contributed by atoms with Gasteiger partial charge in [-0.05, 0) is 49.9 Å². The van der Waals surface area contributed by atoms with Crippen LogP contribution in [0.1, 0.15) is 37.8 Å². The third kappa shape index (κ3) is 4.53. The molecular weight excluding hydrogens is 352 g/mol. The lowest BCUT2D eigenvalue weighted by Gasteiger charge is -2.34. The zero-order valence-corrected chi connectivity index (χ0v) is 16.6. The van der Waals surface area contributed by atoms with Crippen molar-refractivity contribution >= 4 is 11.8 Å². The van der Waals surface area contributed by atoms with Gasteiger partial charge in [-0.25, -0.2) is 0 Å². The molecule has 1 aliphatic heterocycles. The van der Waals surface area contributed by atoms with Crippen LogP contribution >= 0.6 is 0 Å². The Morgan fingerprint density at radius 3 is 2.50 bits per heavy atom. The van der Waals surface area contributed by atoms with Crippen LogP contribution in [0.3, 0.4) is 0 Å². The first kappa shape index (κ1) is 19.9. The number of hydrogen-bond donors (Lipinski definition) is 1. The van der Waals surface area contributed by atoms with Crippen molar-refractivity contribution in [2.24, 2.45) is 0 Å².